The molecule has 2 aliphatic heterocycles. The Kier molecular flexibility index (Phi) is 1.83. The van der Waals surface area contributed by atoms with E-state index in [0.29, 0.717) is 10.9 Å². The Labute approximate surface area is 86.4 Å². The molecule has 1 aromatic heterocycles. The summed E-state index contributed by atoms with van der Waals surface area (Å²) in [5.41, 5.74) is 0.694. The number of hydrogen-bond acceptors (Lipinski definition) is 3. The molecule has 0 saturated carbocycles. The van der Waals surface area contributed by atoms with Crippen molar-refractivity contribution in [1.29, 1.82) is 0 Å². The second-order valence-corrected chi connectivity index (χ2v) is 5.03. The Hall–Kier alpha value is -0.900. The molecule has 0 aromatic carbocycles. The van der Waals surface area contributed by atoms with Crippen molar-refractivity contribution in [3.05, 3.63) is 24.0 Å². The van der Waals surface area contributed by atoms with E-state index in [9.17, 15) is 4.79 Å². The number of rotatable bonds is 0. The summed E-state index contributed by atoms with van der Waals surface area (Å²) in [5.74, 6) is 0.948. The van der Waals surface area contributed by atoms with E-state index < -0.39 is 0 Å². The lowest BCUT2D eigenvalue weighted by Gasteiger charge is -2.14. The zero-order valence-electron chi connectivity index (χ0n) is 7.68. The van der Waals surface area contributed by atoms with E-state index in [1.807, 2.05) is 34.7 Å². The zero-order valence-corrected chi connectivity index (χ0v) is 8.50. The van der Waals surface area contributed by atoms with E-state index in [-0.39, 0.29) is 12.1 Å². The number of thioether (sulfide) groups is 1. The molecule has 4 heteroatoms. The summed E-state index contributed by atoms with van der Waals surface area (Å²) < 4.78 is 7.44. The number of ether oxygens (including phenoxy) is 1. The van der Waals surface area contributed by atoms with Gasteiger partial charge in [0.25, 0.3) is 0 Å². The third-order valence-electron chi connectivity index (χ3n) is 2.82. The van der Waals surface area contributed by atoms with E-state index in [0.717, 1.165) is 18.7 Å². The van der Waals surface area contributed by atoms with Crippen LogP contribution in [0.3, 0.4) is 0 Å². The van der Waals surface area contributed by atoms with Crippen molar-refractivity contribution in [2.75, 3.05) is 5.75 Å². The van der Waals surface area contributed by atoms with Crippen LogP contribution in [0.1, 0.15) is 16.9 Å². The van der Waals surface area contributed by atoms with Crippen molar-refractivity contribution in [2.24, 2.45) is 0 Å². The molecule has 74 valence electrons. The minimum atomic E-state index is -0.162. The van der Waals surface area contributed by atoms with Gasteiger partial charge in [0.2, 0.25) is 0 Å². The van der Waals surface area contributed by atoms with Gasteiger partial charge in [-0.25, -0.2) is 4.79 Å². The molecular weight excluding hydrogens is 198 g/mol. The second kappa shape index (κ2) is 3.05. The lowest BCUT2D eigenvalue weighted by atomic mass is 10.2. The highest BCUT2D eigenvalue weighted by molar-refractivity contribution is 8.00. The fraction of sp³-hybridized carbons (Fsp3) is 0.500. The van der Waals surface area contributed by atoms with Crippen LogP contribution in [0.15, 0.2) is 18.3 Å². The molecule has 14 heavy (non-hydrogen) atoms. The van der Waals surface area contributed by atoms with Crippen molar-refractivity contribution < 1.29 is 9.53 Å². The molecule has 2 atom stereocenters. The van der Waals surface area contributed by atoms with Gasteiger partial charge in [0.1, 0.15) is 11.8 Å². The third-order valence-corrected chi connectivity index (χ3v) is 4.17. The van der Waals surface area contributed by atoms with Gasteiger partial charge in [-0.05, 0) is 24.3 Å². The average Bonchev–Trinajstić information content (AvgIpc) is 2.75. The van der Waals surface area contributed by atoms with Crippen molar-refractivity contribution >= 4 is 17.7 Å². The van der Waals surface area contributed by atoms with Crippen LogP contribution in [-0.4, -0.2) is 27.6 Å². The Morgan fingerprint density at radius 3 is 3.43 bits per heavy atom. The molecule has 0 N–H and O–H groups in total. The normalized spacial score (nSPS) is 30.4. The Morgan fingerprint density at radius 1 is 1.57 bits per heavy atom. The average molecular weight is 209 g/mol. The SMILES string of the molecule is O=C1OC2CCSC2Cn2cccc21. The van der Waals surface area contributed by atoms with Crippen molar-refractivity contribution in [1.82, 2.24) is 4.57 Å². The van der Waals surface area contributed by atoms with Crippen LogP contribution in [0.25, 0.3) is 0 Å². The predicted octanol–water partition coefficient (Wildman–Crippen LogP) is 1.53. The summed E-state index contributed by atoms with van der Waals surface area (Å²) in [6.45, 7) is 0.906. The first kappa shape index (κ1) is 8.41. The lowest BCUT2D eigenvalue weighted by Crippen LogP contribution is -2.23. The van der Waals surface area contributed by atoms with Gasteiger partial charge in [-0.2, -0.15) is 11.8 Å². The molecule has 1 saturated heterocycles. The highest BCUT2D eigenvalue weighted by Gasteiger charge is 2.35. The Morgan fingerprint density at radius 2 is 2.50 bits per heavy atom. The van der Waals surface area contributed by atoms with Crippen LogP contribution in [0.5, 0.6) is 0 Å². The smallest absolute Gasteiger partial charge is 0.355 e. The largest absolute Gasteiger partial charge is 0.456 e. The first-order valence-corrected chi connectivity index (χ1v) is 5.87. The van der Waals surface area contributed by atoms with Crippen LogP contribution >= 0.6 is 11.8 Å². The first-order valence-electron chi connectivity index (χ1n) is 4.82. The molecule has 2 unspecified atom stereocenters. The van der Waals surface area contributed by atoms with Gasteiger partial charge in [0.15, 0.2) is 0 Å². The number of esters is 1. The molecule has 1 aromatic rings. The summed E-state index contributed by atoms with van der Waals surface area (Å²) in [7, 11) is 0. The second-order valence-electron chi connectivity index (χ2n) is 3.69. The van der Waals surface area contributed by atoms with Gasteiger partial charge in [-0.3, -0.25) is 0 Å². The summed E-state index contributed by atoms with van der Waals surface area (Å²) in [6, 6.07) is 3.73. The monoisotopic (exact) mass is 209 g/mol. The molecular formula is C10H11NO2S. The molecule has 0 bridgehead atoms. The highest BCUT2D eigenvalue weighted by atomic mass is 32.2. The lowest BCUT2D eigenvalue weighted by molar-refractivity contribution is 0.0324. The van der Waals surface area contributed by atoms with Gasteiger partial charge in [0, 0.05) is 12.7 Å². The molecule has 3 rings (SSSR count). The first-order chi connectivity index (χ1) is 6.84. The highest BCUT2D eigenvalue weighted by Crippen LogP contribution is 2.33. The van der Waals surface area contributed by atoms with Gasteiger partial charge in [-0.1, -0.05) is 0 Å². The number of hydrogen-bond donors (Lipinski definition) is 0. The van der Waals surface area contributed by atoms with Gasteiger partial charge >= 0.3 is 5.97 Å². The van der Waals surface area contributed by atoms with Crippen LogP contribution in [0.2, 0.25) is 0 Å². The van der Waals surface area contributed by atoms with Gasteiger partial charge in [0.05, 0.1) is 5.25 Å². The minimum Gasteiger partial charge on any atom is -0.456 e. The van der Waals surface area contributed by atoms with Crippen LogP contribution in [0, 0.1) is 0 Å². The van der Waals surface area contributed by atoms with E-state index >= 15 is 0 Å². The molecule has 0 aliphatic carbocycles. The molecule has 3 heterocycles. The topological polar surface area (TPSA) is 31.2 Å². The van der Waals surface area contributed by atoms with E-state index in [4.69, 9.17) is 4.74 Å². The quantitative estimate of drug-likeness (QED) is 0.607. The zero-order chi connectivity index (χ0) is 9.54. The third kappa shape index (κ3) is 1.17. The minimum absolute atomic E-state index is 0.132. The standard InChI is InChI=1S/C10H11NO2S/c12-10-7-2-1-4-11(7)6-9-8(13-10)3-5-14-9/h1-2,4,8-9H,3,5-6H2. The molecule has 0 amide bonds. The van der Waals surface area contributed by atoms with E-state index in [1.165, 1.54) is 0 Å². The molecule has 0 radical (unpaired) electrons. The Bertz CT molecular complexity index is 374. The number of carbonyl (C=O) groups is 1. The van der Waals surface area contributed by atoms with Crippen LogP contribution in [-0.2, 0) is 11.3 Å². The molecule has 3 nitrogen and oxygen atoms in total. The predicted molar refractivity (Wildman–Crippen MR) is 54.5 cm³/mol. The fourth-order valence-electron chi connectivity index (χ4n) is 2.08. The maximum Gasteiger partial charge on any atom is 0.355 e. The summed E-state index contributed by atoms with van der Waals surface area (Å²) in [5, 5.41) is 0.451. The Balaban J connectivity index is 1.99. The van der Waals surface area contributed by atoms with Crippen LogP contribution < -0.4 is 0 Å². The maximum absolute atomic E-state index is 11.7. The number of aromatic nitrogens is 1. The number of nitrogens with zero attached hydrogens (tertiary/aromatic N) is 1. The maximum atomic E-state index is 11.7. The van der Waals surface area contributed by atoms with E-state index in [1.54, 1.807) is 0 Å². The van der Waals surface area contributed by atoms with Crippen molar-refractivity contribution in [3.63, 3.8) is 0 Å². The van der Waals surface area contributed by atoms with E-state index in [2.05, 4.69) is 0 Å². The van der Waals surface area contributed by atoms with Crippen LogP contribution in [0.4, 0.5) is 0 Å². The van der Waals surface area contributed by atoms with Crippen molar-refractivity contribution in [3.8, 4) is 0 Å². The van der Waals surface area contributed by atoms with Gasteiger partial charge in [-0.15, -0.1) is 0 Å². The van der Waals surface area contributed by atoms with Crippen molar-refractivity contribution in [2.45, 2.75) is 24.3 Å². The van der Waals surface area contributed by atoms with Gasteiger partial charge < -0.3 is 9.30 Å². The summed E-state index contributed by atoms with van der Waals surface area (Å²) in [6.07, 6.45) is 3.09. The fourth-order valence-corrected chi connectivity index (χ4v) is 3.43. The summed E-state index contributed by atoms with van der Waals surface area (Å²) in [4.78, 5) is 11.7. The molecule has 0 spiro atoms. The number of carbonyl (C=O) groups excluding carboxylic acids is 1. The molecule has 1 fully saturated rings. The summed E-state index contributed by atoms with van der Waals surface area (Å²) >= 11 is 1.91. The molecule has 2 aliphatic rings. The number of fused-ring (bicyclic) bond motifs is 2.